The molecule has 1 saturated heterocycles. The molecule has 0 amide bonds. The summed E-state index contributed by atoms with van der Waals surface area (Å²) >= 11 is 0. The summed E-state index contributed by atoms with van der Waals surface area (Å²) in [5, 5.41) is 8.48. The van der Waals surface area contributed by atoms with Crippen molar-refractivity contribution < 1.29 is 27.8 Å². The number of hydrogen-bond donors (Lipinski definition) is 1. The molecule has 13 heavy (non-hydrogen) atoms. The Hall–Kier alpha value is -0.780. The highest BCUT2D eigenvalue weighted by Crippen LogP contribution is 2.37. The molecule has 76 valence electrons. The monoisotopic (exact) mass is 198 g/mol. The highest BCUT2D eigenvalue weighted by atomic mass is 19.4. The zero-order valence-corrected chi connectivity index (χ0v) is 6.84. The first-order chi connectivity index (χ1) is 5.82. The number of aliphatic carboxylic acids is 1. The van der Waals surface area contributed by atoms with Gasteiger partial charge >= 0.3 is 12.1 Å². The second-order valence-electron chi connectivity index (χ2n) is 3.09. The second kappa shape index (κ2) is 3.17. The quantitative estimate of drug-likeness (QED) is 0.693. The van der Waals surface area contributed by atoms with Crippen LogP contribution in [0.25, 0.3) is 0 Å². The van der Waals surface area contributed by atoms with E-state index in [0.717, 1.165) is 0 Å². The Morgan fingerprint density at radius 1 is 1.54 bits per heavy atom. The number of hydrogen-bond acceptors (Lipinski definition) is 2. The van der Waals surface area contributed by atoms with Crippen LogP contribution < -0.4 is 0 Å². The molecule has 1 N–H and O–H groups in total. The van der Waals surface area contributed by atoms with E-state index in [2.05, 4.69) is 4.74 Å². The number of alkyl halides is 3. The van der Waals surface area contributed by atoms with E-state index in [4.69, 9.17) is 5.11 Å². The van der Waals surface area contributed by atoms with Gasteiger partial charge in [-0.1, -0.05) is 0 Å². The van der Waals surface area contributed by atoms with Crippen LogP contribution in [0.2, 0.25) is 0 Å². The fourth-order valence-corrected chi connectivity index (χ4v) is 1.42. The van der Waals surface area contributed by atoms with E-state index in [9.17, 15) is 18.0 Å². The Morgan fingerprint density at radius 3 is 2.38 bits per heavy atom. The third-order valence-electron chi connectivity index (χ3n) is 1.97. The maximum Gasteiger partial charge on any atom is 0.415 e. The second-order valence-corrected chi connectivity index (χ2v) is 3.09. The standard InChI is InChI=1S/C7H9F3O3/c1-3-2-4(6(11)12)5(13-3)7(8,9)10/h3-5H,2H2,1H3,(H,11,12). The fraction of sp³-hybridized carbons (Fsp3) is 0.857. The van der Waals surface area contributed by atoms with E-state index in [1.807, 2.05) is 0 Å². The van der Waals surface area contributed by atoms with Gasteiger partial charge in [-0.3, -0.25) is 4.79 Å². The lowest BCUT2D eigenvalue weighted by atomic mass is 10.00. The average Bonchev–Trinajstić information content (AvgIpc) is 2.29. The van der Waals surface area contributed by atoms with Gasteiger partial charge in [0, 0.05) is 0 Å². The number of carboxylic acid groups (broad SMARTS) is 1. The van der Waals surface area contributed by atoms with Gasteiger partial charge in [-0.2, -0.15) is 13.2 Å². The largest absolute Gasteiger partial charge is 0.481 e. The van der Waals surface area contributed by atoms with Crippen LogP contribution in [-0.4, -0.2) is 29.5 Å². The van der Waals surface area contributed by atoms with Gasteiger partial charge in [0.25, 0.3) is 0 Å². The van der Waals surface area contributed by atoms with Crippen molar-refractivity contribution in [3.8, 4) is 0 Å². The van der Waals surface area contributed by atoms with Crippen molar-refractivity contribution in [2.45, 2.75) is 31.7 Å². The first-order valence-corrected chi connectivity index (χ1v) is 3.77. The fourth-order valence-electron chi connectivity index (χ4n) is 1.42. The van der Waals surface area contributed by atoms with E-state index in [1.165, 1.54) is 6.92 Å². The highest BCUT2D eigenvalue weighted by molar-refractivity contribution is 5.71. The number of carboxylic acids is 1. The van der Waals surface area contributed by atoms with Gasteiger partial charge < -0.3 is 9.84 Å². The normalized spacial score (nSPS) is 34.9. The molecule has 0 saturated carbocycles. The maximum atomic E-state index is 12.2. The van der Waals surface area contributed by atoms with Gasteiger partial charge in [-0.05, 0) is 13.3 Å². The van der Waals surface area contributed by atoms with Crippen molar-refractivity contribution in [3.63, 3.8) is 0 Å². The molecule has 3 unspecified atom stereocenters. The first-order valence-electron chi connectivity index (χ1n) is 3.77. The first kappa shape index (κ1) is 10.3. The van der Waals surface area contributed by atoms with Crippen molar-refractivity contribution in [1.82, 2.24) is 0 Å². The molecule has 1 rings (SSSR count). The predicted molar refractivity (Wildman–Crippen MR) is 36.1 cm³/mol. The van der Waals surface area contributed by atoms with Gasteiger partial charge in [-0.15, -0.1) is 0 Å². The molecule has 0 aromatic heterocycles. The van der Waals surface area contributed by atoms with Crippen LogP contribution in [0.4, 0.5) is 13.2 Å². The molecule has 0 aromatic carbocycles. The van der Waals surface area contributed by atoms with Crippen LogP contribution in [0, 0.1) is 5.92 Å². The molecule has 1 aliphatic rings. The van der Waals surface area contributed by atoms with E-state index in [0.29, 0.717) is 0 Å². The summed E-state index contributed by atoms with van der Waals surface area (Å²) in [6, 6.07) is 0. The SMILES string of the molecule is CC1CC(C(=O)O)C(C(F)(F)F)O1. The molecule has 6 heteroatoms. The van der Waals surface area contributed by atoms with Crippen LogP contribution in [0.1, 0.15) is 13.3 Å². The Balaban J connectivity index is 2.78. The molecule has 3 atom stereocenters. The molecular weight excluding hydrogens is 189 g/mol. The van der Waals surface area contributed by atoms with Gasteiger partial charge in [0.15, 0.2) is 6.10 Å². The zero-order valence-electron chi connectivity index (χ0n) is 6.84. The smallest absolute Gasteiger partial charge is 0.415 e. The Labute approximate surface area is 72.5 Å². The van der Waals surface area contributed by atoms with E-state index < -0.39 is 30.3 Å². The van der Waals surface area contributed by atoms with Crippen molar-refractivity contribution in [2.24, 2.45) is 5.92 Å². The summed E-state index contributed by atoms with van der Waals surface area (Å²) in [6.45, 7) is 1.43. The van der Waals surface area contributed by atoms with Crippen molar-refractivity contribution in [1.29, 1.82) is 0 Å². The lowest BCUT2D eigenvalue weighted by Gasteiger charge is -2.18. The topological polar surface area (TPSA) is 46.5 Å². The molecular formula is C7H9F3O3. The molecule has 0 aromatic rings. The number of carbonyl (C=O) groups is 1. The van der Waals surface area contributed by atoms with E-state index in [-0.39, 0.29) is 6.42 Å². The van der Waals surface area contributed by atoms with Gasteiger partial charge in [-0.25, -0.2) is 0 Å². The van der Waals surface area contributed by atoms with Gasteiger partial charge in [0.2, 0.25) is 0 Å². The summed E-state index contributed by atoms with van der Waals surface area (Å²) in [7, 11) is 0. The van der Waals surface area contributed by atoms with Gasteiger partial charge in [0.05, 0.1) is 12.0 Å². The average molecular weight is 198 g/mol. The molecule has 1 aliphatic heterocycles. The van der Waals surface area contributed by atoms with Crippen LogP contribution in [0.15, 0.2) is 0 Å². The number of rotatable bonds is 1. The predicted octanol–water partition coefficient (Wildman–Crippen LogP) is 1.43. The van der Waals surface area contributed by atoms with E-state index in [1.54, 1.807) is 0 Å². The summed E-state index contributed by atoms with van der Waals surface area (Å²) in [6.07, 6.45) is -7.47. The molecule has 1 heterocycles. The molecule has 0 aliphatic carbocycles. The van der Waals surface area contributed by atoms with Crippen molar-refractivity contribution in [3.05, 3.63) is 0 Å². The minimum Gasteiger partial charge on any atom is -0.481 e. The third-order valence-corrected chi connectivity index (χ3v) is 1.97. The lowest BCUT2D eigenvalue weighted by molar-refractivity contribution is -0.225. The molecule has 1 fully saturated rings. The number of ether oxygens (including phenoxy) is 1. The highest BCUT2D eigenvalue weighted by Gasteiger charge is 2.53. The molecule has 0 radical (unpaired) electrons. The maximum absolute atomic E-state index is 12.2. The minimum absolute atomic E-state index is 0.0838. The minimum atomic E-state index is -4.59. The van der Waals surface area contributed by atoms with Crippen LogP contribution in [0.5, 0.6) is 0 Å². The summed E-state index contributed by atoms with van der Waals surface area (Å²) in [4.78, 5) is 10.4. The summed E-state index contributed by atoms with van der Waals surface area (Å²) in [5.41, 5.74) is 0. The Bertz CT molecular complexity index is 214. The van der Waals surface area contributed by atoms with E-state index >= 15 is 0 Å². The van der Waals surface area contributed by atoms with Crippen molar-refractivity contribution in [2.75, 3.05) is 0 Å². The van der Waals surface area contributed by atoms with Crippen molar-refractivity contribution >= 4 is 5.97 Å². The summed E-state index contributed by atoms with van der Waals surface area (Å²) < 4.78 is 41.0. The Kier molecular flexibility index (Phi) is 2.51. The third kappa shape index (κ3) is 2.12. The lowest BCUT2D eigenvalue weighted by Crippen LogP contribution is -2.37. The van der Waals surface area contributed by atoms with Gasteiger partial charge in [0.1, 0.15) is 0 Å². The molecule has 0 bridgehead atoms. The van der Waals surface area contributed by atoms with Crippen LogP contribution >= 0.6 is 0 Å². The van der Waals surface area contributed by atoms with Crippen LogP contribution in [-0.2, 0) is 9.53 Å². The Morgan fingerprint density at radius 2 is 2.08 bits per heavy atom. The zero-order chi connectivity index (χ0) is 10.2. The number of halogens is 3. The molecule has 0 spiro atoms. The summed E-state index contributed by atoms with van der Waals surface area (Å²) in [5.74, 6) is -2.92. The molecule has 3 nitrogen and oxygen atoms in total. The van der Waals surface area contributed by atoms with Crippen LogP contribution in [0.3, 0.4) is 0 Å².